The Morgan fingerprint density at radius 2 is 1.71 bits per heavy atom. The standard InChI is InChI=1S/C27H34O8/c1-27-14-13-19-18-8-6-17(34-25(32)4-2-3-23(28)29)15-16(18)5-7-20(19)21(27)9-10-22(27)35-26(33)12-11-24(30)31/h6,8,15,19-22H,2-5,7,9-14H2,1H3,(H,28,29)(H,30,31)/t19-,20-,21+,22+,27+/m1/s1. The average molecular weight is 487 g/mol. The summed E-state index contributed by atoms with van der Waals surface area (Å²) in [5.74, 6) is -0.837. The predicted octanol–water partition coefficient (Wildman–Crippen LogP) is 4.48. The van der Waals surface area contributed by atoms with E-state index in [4.69, 9.17) is 19.7 Å². The molecule has 8 heteroatoms. The zero-order chi connectivity index (χ0) is 25.2. The first-order valence-corrected chi connectivity index (χ1v) is 12.6. The fraction of sp³-hybridized carbons (Fsp3) is 0.630. The van der Waals surface area contributed by atoms with Gasteiger partial charge in [-0.2, -0.15) is 0 Å². The number of aliphatic carboxylic acids is 2. The van der Waals surface area contributed by atoms with Crippen LogP contribution in [0.1, 0.15) is 88.2 Å². The highest BCUT2D eigenvalue weighted by Gasteiger charge is 2.56. The molecule has 4 rings (SSSR count). The molecule has 3 aliphatic rings. The van der Waals surface area contributed by atoms with Crippen molar-refractivity contribution in [1.29, 1.82) is 0 Å². The molecule has 35 heavy (non-hydrogen) atoms. The minimum atomic E-state index is -0.991. The van der Waals surface area contributed by atoms with Gasteiger partial charge in [0.25, 0.3) is 0 Å². The Hall–Kier alpha value is -2.90. The summed E-state index contributed by atoms with van der Waals surface area (Å²) in [6, 6.07) is 5.87. The Labute approximate surface area is 205 Å². The number of ether oxygens (including phenoxy) is 2. The first kappa shape index (κ1) is 25.2. The van der Waals surface area contributed by atoms with Crippen molar-refractivity contribution in [3.05, 3.63) is 29.3 Å². The van der Waals surface area contributed by atoms with Crippen molar-refractivity contribution in [1.82, 2.24) is 0 Å². The van der Waals surface area contributed by atoms with Crippen LogP contribution in [-0.2, 0) is 30.3 Å². The molecule has 2 saturated carbocycles. The van der Waals surface area contributed by atoms with Crippen molar-refractivity contribution in [2.75, 3.05) is 0 Å². The smallest absolute Gasteiger partial charge is 0.311 e. The van der Waals surface area contributed by atoms with Crippen molar-refractivity contribution in [3.63, 3.8) is 0 Å². The van der Waals surface area contributed by atoms with E-state index in [-0.39, 0.29) is 43.6 Å². The van der Waals surface area contributed by atoms with Gasteiger partial charge in [0.05, 0.1) is 12.8 Å². The second-order valence-corrected chi connectivity index (χ2v) is 10.5. The first-order valence-electron chi connectivity index (χ1n) is 12.6. The first-order chi connectivity index (χ1) is 16.7. The fourth-order valence-electron chi connectivity index (χ4n) is 6.76. The van der Waals surface area contributed by atoms with E-state index in [1.165, 1.54) is 11.1 Å². The van der Waals surface area contributed by atoms with Gasteiger partial charge in [-0.05, 0) is 86.0 Å². The number of rotatable bonds is 9. The zero-order valence-electron chi connectivity index (χ0n) is 20.2. The van der Waals surface area contributed by atoms with E-state index in [1.807, 2.05) is 12.1 Å². The van der Waals surface area contributed by atoms with E-state index in [0.29, 0.717) is 23.5 Å². The fourth-order valence-corrected chi connectivity index (χ4v) is 6.76. The van der Waals surface area contributed by atoms with Crippen LogP contribution in [0.5, 0.6) is 5.75 Å². The number of esters is 2. The lowest BCUT2D eigenvalue weighted by Crippen LogP contribution is -2.45. The SMILES string of the molecule is C[C@]12CC[C@@H]3c4ccc(OC(=O)CCCC(=O)O)cc4CC[C@H]3[C@@H]1CC[C@@H]2OC(=O)CCC(=O)O. The zero-order valence-corrected chi connectivity index (χ0v) is 20.2. The van der Waals surface area contributed by atoms with Crippen molar-refractivity contribution >= 4 is 23.9 Å². The summed E-state index contributed by atoms with van der Waals surface area (Å²) in [5.41, 5.74) is 2.44. The number of aryl methyl sites for hydroxylation is 1. The second kappa shape index (κ2) is 10.4. The molecule has 2 N–H and O–H groups in total. The molecule has 0 heterocycles. The van der Waals surface area contributed by atoms with Crippen LogP contribution in [0, 0.1) is 17.3 Å². The lowest BCUT2D eigenvalue weighted by molar-refractivity contribution is -0.159. The Bertz CT molecular complexity index is 1000. The number of fused-ring (bicyclic) bond motifs is 5. The van der Waals surface area contributed by atoms with Gasteiger partial charge in [0.15, 0.2) is 0 Å². The molecule has 5 atom stereocenters. The minimum Gasteiger partial charge on any atom is -0.481 e. The molecule has 1 aromatic rings. The summed E-state index contributed by atoms with van der Waals surface area (Å²) < 4.78 is 11.2. The molecule has 0 saturated heterocycles. The van der Waals surface area contributed by atoms with E-state index in [1.54, 1.807) is 0 Å². The maximum Gasteiger partial charge on any atom is 0.311 e. The Balaban J connectivity index is 1.39. The molecule has 0 spiro atoms. The third-order valence-corrected chi connectivity index (χ3v) is 8.43. The highest BCUT2D eigenvalue weighted by Crippen LogP contribution is 2.61. The number of carbonyl (C=O) groups excluding carboxylic acids is 2. The molecule has 190 valence electrons. The predicted molar refractivity (Wildman–Crippen MR) is 125 cm³/mol. The average Bonchev–Trinajstić information content (AvgIpc) is 3.13. The summed E-state index contributed by atoms with van der Waals surface area (Å²) in [5, 5.41) is 17.5. The van der Waals surface area contributed by atoms with Crippen LogP contribution < -0.4 is 4.74 Å². The third-order valence-electron chi connectivity index (χ3n) is 8.43. The second-order valence-electron chi connectivity index (χ2n) is 10.5. The molecule has 0 aromatic heterocycles. The quantitative estimate of drug-likeness (QED) is 0.386. The Morgan fingerprint density at radius 1 is 0.943 bits per heavy atom. The van der Waals surface area contributed by atoms with E-state index < -0.39 is 23.9 Å². The number of carboxylic acids is 2. The molecule has 3 aliphatic carbocycles. The van der Waals surface area contributed by atoms with Crippen LogP contribution in [-0.4, -0.2) is 40.2 Å². The van der Waals surface area contributed by atoms with E-state index in [2.05, 4.69) is 13.0 Å². The van der Waals surface area contributed by atoms with E-state index >= 15 is 0 Å². The van der Waals surface area contributed by atoms with Crippen molar-refractivity contribution in [2.45, 2.75) is 89.6 Å². The highest BCUT2D eigenvalue weighted by atomic mass is 16.5. The lowest BCUT2D eigenvalue weighted by atomic mass is 9.55. The molecular weight excluding hydrogens is 452 g/mol. The van der Waals surface area contributed by atoms with Gasteiger partial charge in [0.2, 0.25) is 0 Å². The molecule has 8 nitrogen and oxygen atoms in total. The third kappa shape index (κ3) is 5.52. The van der Waals surface area contributed by atoms with E-state index in [0.717, 1.165) is 38.5 Å². The number of hydrogen-bond acceptors (Lipinski definition) is 6. The molecule has 2 fully saturated rings. The minimum absolute atomic E-state index is 0.0508. The van der Waals surface area contributed by atoms with E-state index in [9.17, 15) is 19.2 Å². The Morgan fingerprint density at radius 3 is 2.46 bits per heavy atom. The maximum atomic E-state index is 12.2. The van der Waals surface area contributed by atoms with Crippen molar-refractivity contribution in [3.8, 4) is 5.75 Å². The summed E-state index contributed by atoms with van der Waals surface area (Å²) in [4.78, 5) is 45.7. The van der Waals surface area contributed by atoms with Crippen LogP contribution in [0.15, 0.2) is 18.2 Å². The van der Waals surface area contributed by atoms with Gasteiger partial charge < -0.3 is 19.7 Å². The maximum absolute atomic E-state index is 12.2. The van der Waals surface area contributed by atoms with Crippen LogP contribution in [0.2, 0.25) is 0 Å². The highest BCUT2D eigenvalue weighted by molar-refractivity contribution is 5.76. The molecule has 0 aliphatic heterocycles. The summed E-state index contributed by atoms with van der Waals surface area (Å²) in [7, 11) is 0. The molecular formula is C27H34O8. The van der Waals surface area contributed by atoms with Gasteiger partial charge in [0, 0.05) is 18.3 Å². The van der Waals surface area contributed by atoms with Crippen LogP contribution in [0.4, 0.5) is 0 Å². The van der Waals surface area contributed by atoms with Gasteiger partial charge in [0.1, 0.15) is 11.9 Å². The van der Waals surface area contributed by atoms with Gasteiger partial charge in [-0.15, -0.1) is 0 Å². The van der Waals surface area contributed by atoms with Crippen LogP contribution in [0.25, 0.3) is 0 Å². The summed E-state index contributed by atoms with van der Waals surface area (Å²) in [6.45, 7) is 2.23. The monoisotopic (exact) mass is 486 g/mol. The molecule has 0 amide bonds. The number of benzene rings is 1. The summed E-state index contributed by atoms with van der Waals surface area (Å²) in [6.07, 6.45) is 5.58. The van der Waals surface area contributed by atoms with Gasteiger partial charge in [-0.3, -0.25) is 19.2 Å². The normalized spacial score (nSPS) is 28.8. The molecule has 0 bridgehead atoms. The molecule has 0 radical (unpaired) electrons. The Kier molecular flexibility index (Phi) is 7.47. The number of carbonyl (C=O) groups is 4. The number of hydrogen-bond donors (Lipinski definition) is 2. The van der Waals surface area contributed by atoms with Gasteiger partial charge >= 0.3 is 23.9 Å². The van der Waals surface area contributed by atoms with Gasteiger partial charge in [-0.25, -0.2) is 0 Å². The molecule has 0 unspecified atom stereocenters. The van der Waals surface area contributed by atoms with Crippen LogP contribution >= 0.6 is 0 Å². The number of carboxylic acid groups (broad SMARTS) is 2. The topological polar surface area (TPSA) is 127 Å². The summed E-state index contributed by atoms with van der Waals surface area (Å²) >= 11 is 0. The van der Waals surface area contributed by atoms with Crippen molar-refractivity contribution < 1.29 is 38.9 Å². The van der Waals surface area contributed by atoms with Gasteiger partial charge in [-0.1, -0.05) is 13.0 Å². The molecule has 1 aromatic carbocycles. The van der Waals surface area contributed by atoms with Crippen LogP contribution in [0.3, 0.4) is 0 Å². The largest absolute Gasteiger partial charge is 0.481 e. The lowest BCUT2D eigenvalue weighted by Gasteiger charge is -2.50. The van der Waals surface area contributed by atoms with Crippen molar-refractivity contribution in [2.24, 2.45) is 17.3 Å².